The first-order chi connectivity index (χ1) is 7.74. The van der Waals surface area contributed by atoms with Crippen LogP contribution in [0.15, 0.2) is 29.2 Å². The number of hydrogen-bond donors (Lipinski definition) is 1. The molecule has 1 heterocycles. The van der Waals surface area contributed by atoms with Gasteiger partial charge in [-0.05, 0) is 31.9 Å². The molecule has 0 aliphatic carbocycles. The van der Waals surface area contributed by atoms with Crippen LogP contribution in [-0.2, 0) is 4.74 Å². The molecule has 0 atom stereocenters. The molecule has 0 aromatic heterocycles. The molecule has 0 unspecified atom stereocenters. The van der Waals surface area contributed by atoms with Crippen LogP contribution in [0.25, 0.3) is 0 Å². The SMILES string of the molecule is Cc1ccc(SC2(CN)CCOCC2)cc1. The molecule has 0 bridgehead atoms. The molecule has 0 saturated carbocycles. The van der Waals surface area contributed by atoms with E-state index in [2.05, 4.69) is 31.2 Å². The number of ether oxygens (including phenoxy) is 1. The van der Waals surface area contributed by atoms with Crippen LogP contribution in [0.3, 0.4) is 0 Å². The van der Waals surface area contributed by atoms with Crippen LogP contribution in [0.4, 0.5) is 0 Å². The summed E-state index contributed by atoms with van der Waals surface area (Å²) in [6, 6.07) is 8.69. The summed E-state index contributed by atoms with van der Waals surface area (Å²) in [5.74, 6) is 0. The van der Waals surface area contributed by atoms with Gasteiger partial charge in [-0.2, -0.15) is 0 Å². The average Bonchev–Trinajstić information content (AvgIpc) is 2.33. The molecule has 1 aromatic carbocycles. The molecule has 2 N–H and O–H groups in total. The standard InChI is InChI=1S/C13H19NOS/c1-11-2-4-12(5-3-11)16-13(10-14)6-8-15-9-7-13/h2-5H,6-10,14H2,1H3. The molecular formula is C13H19NOS. The lowest BCUT2D eigenvalue weighted by Crippen LogP contribution is -2.40. The van der Waals surface area contributed by atoms with Crippen molar-refractivity contribution in [3.05, 3.63) is 29.8 Å². The predicted molar refractivity (Wildman–Crippen MR) is 68.9 cm³/mol. The summed E-state index contributed by atoms with van der Waals surface area (Å²) in [5.41, 5.74) is 7.24. The Balaban J connectivity index is 2.08. The summed E-state index contributed by atoms with van der Waals surface area (Å²) in [6.07, 6.45) is 2.12. The second-order valence-corrected chi connectivity index (χ2v) is 5.96. The van der Waals surface area contributed by atoms with Crippen LogP contribution in [0.2, 0.25) is 0 Å². The third-order valence-electron chi connectivity index (χ3n) is 3.13. The Morgan fingerprint density at radius 2 is 1.88 bits per heavy atom. The first kappa shape index (κ1) is 12.0. The number of benzene rings is 1. The van der Waals surface area contributed by atoms with E-state index in [-0.39, 0.29) is 4.75 Å². The van der Waals surface area contributed by atoms with Crippen LogP contribution in [0.5, 0.6) is 0 Å². The summed E-state index contributed by atoms with van der Waals surface area (Å²) in [6.45, 7) is 4.53. The van der Waals surface area contributed by atoms with Crippen molar-refractivity contribution in [2.45, 2.75) is 29.4 Å². The van der Waals surface area contributed by atoms with Crippen molar-refractivity contribution in [2.24, 2.45) is 5.73 Å². The van der Waals surface area contributed by atoms with Gasteiger partial charge >= 0.3 is 0 Å². The molecule has 1 aliphatic rings. The van der Waals surface area contributed by atoms with Gasteiger partial charge in [0.25, 0.3) is 0 Å². The summed E-state index contributed by atoms with van der Waals surface area (Å²) in [7, 11) is 0. The fourth-order valence-corrected chi connectivity index (χ4v) is 3.17. The van der Waals surface area contributed by atoms with Crippen LogP contribution >= 0.6 is 11.8 Å². The average molecular weight is 237 g/mol. The number of nitrogens with two attached hydrogens (primary N) is 1. The zero-order valence-corrected chi connectivity index (χ0v) is 10.6. The summed E-state index contributed by atoms with van der Waals surface area (Å²) in [5, 5.41) is 0. The normalized spacial score (nSPS) is 19.6. The number of aryl methyl sites for hydroxylation is 1. The van der Waals surface area contributed by atoms with Crippen LogP contribution in [0.1, 0.15) is 18.4 Å². The van der Waals surface area contributed by atoms with Crippen molar-refractivity contribution in [1.29, 1.82) is 0 Å². The first-order valence-corrected chi connectivity index (χ1v) is 6.59. The third kappa shape index (κ3) is 2.78. The Kier molecular flexibility index (Phi) is 3.90. The number of thioether (sulfide) groups is 1. The Labute approximate surface area is 102 Å². The maximum Gasteiger partial charge on any atom is 0.0479 e. The van der Waals surface area contributed by atoms with Crippen LogP contribution in [0, 0.1) is 6.92 Å². The molecule has 0 radical (unpaired) electrons. The quantitative estimate of drug-likeness (QED) is 0.877. The minimum atomic E-state index is 0.188. The van der Waals surface area contributed by atoms with E-state index in [9.17, 15) is 0 Å². The largest absolute Gasteiger partial charge is 0.381 e. The molecule has 16 heavy (non-hydrogen) atoms. The first-order valence-electron chi connectivity index (χ1n) is 5.78. The molecule has 2 rings (SSSR count). The Morgan fingerprint density at radius 3 is 2.44 bits per heavy atom. The van der Waals surface area contributed by atoms with Crippen LogP contribution in [-0.4, -0.2) is 24.5 Å². The summed E-state index contributed by atoms with van der Waals surface area (Å²) >= 11 is 1.92. The van der Waals surface area contributed by atoms with Crippen molar-refractivity contribution >= 4 is 11.8 Å². The van der Waals surface area contributed by atoms with Gasteiger partial charge in [0.15, 0.2) is 0 Å². The van der Waals surface area contributed by atoms with Gasteiger partial charge < -0.3 is 10.5 Å². The van der Waals surface area contributed by atoms with Gasteiger partial charge in [0, 0.05) is 29.4 Å². The van der Waals surface area contributed by atoms with Gasteiger partial charge in [-0.3, -0.25) is 0 Å². The highest BCUT2D eigenvalue weighted by atomic mass is 32.2. The highest BCUT2D eigenvalue weighted by Gasteiger charge is 2.32. The van der Waals surface area contributed by atoms with Gasteiger partial charge in [0.2, 0.25) is 0 Å². The van der Waals surface area contributed by atoms with Gasteiger partial charge in [-0.25, -0.2) is 0 Å². The molecule has 1 aromatic rings. The van der Waals surface area contributed by atoms with E-state index >= 15 is 0 Å². The summed E-state index contributed by atoms with van der Waals surface area (Å²) < 4.78 is 5.60. The lowest BCUT2D eigenvalue weighted by molar-refractivity contribution is 0.0792. The van der Waals surface area contributed by atoms with Gasteiger partial charge in [-0.1, -0.05) is 17.7 Å². The van der Waals surface area contributed by atoms with E-state index in [1.807, 2.05) is 11.8 Å². The van der Waals surface area contributed by atoms with E-state index in [1.165, 1.54) is 10.5 Å². The zero-order chi connectivity index (χ0) is 11.4. The maximum atomic E-state index is 5.94. The van der Waals surface area contributed by atoms with Crippen molar-refractivity contribution < 1.29 is 4.74 Å². The Hall–Kier alpha value is -0.510. The lowest BCUT2D eigenvalue weighted by atomic mass is 9.99. The fraction of sp³-hybridized carbons (Fsp3) is 0.538. The number of rotatable bonds is 3. The van der Waals surface area contributed by atoms with E-state index in [0.717, 1.165) is 32.6 Å². The monoisotopic (exact) mass is 237 g/mol. The van der Waals surface area contributed by atoms with E-state index in [1.54, 1.807) is 0 Å². The Bertz CT molecular complexity index is 330. The predicted octanol–water partition coefficient (Wildman–Crippen LogP) is 2.60. The molecular weight excluding hydrogens is 218 g/mol. The lowest BCUT2D eigenvalue weighted by Gasteiger charge is -2.35. The van der Waals surface area contributed by atoms with Crippen molar-refractivity contribution in [3.8, 4) is 0 Å². The second-order valence-electron chi connectivity index (χ2n) is 4.41. The highest BCUT2D eigenvalue weighted by molar-refractivity contribution is 8.00. The molecule has 1 saturated heterocycles. The molecule has 0 spiro atoms. The van der Waals surface area contributed by atoms with E-state index in [0.29, 0.717) is 0 Å². The smallest absolute Gasteiger partial charge is 0.0479 e. The topological polar surface area (TPSA) is 35.2 Å². The molecule has 1 aliphatic heterocycles. The van der Waals surface area contributed by atoms with E-state index in [4.69, 9.17) is 10.5 Å². The van der Waals surface area contributed by atoms with Gasteiger partial charge in [0.1, 0.15) is 0 Å². The summed E-state index contributed by atoms with van der Waals surface area (Å²) in [4.78, 5) is 1.32. The van der Waals surface area contributed by atoms with Crippen LogP contribution < -0.4 is 5.73 Å². The van der Waals surface area contributed by atoms with Crippen molar-refractivity contribution in [3.63, 3.8) is 0 Å². The van der Waals surface area contributed by atoms with E-state index < -0.39 is 0 Å². The van der Waals surface area contributed by atoms with Crippen molar-refractivity contribution in [2.75, 3.05) is 19.8 Å². The number of hydrogen-bond acceptors (Lipinski definition) is 3. The molecule has 2 nitrogen and oxygen atoms in total. The highest BCUT2D eigenvalue weighted by Crippen LogP contribution is 2.39. The zero-order valence-electron chi connectivity index (χ0n) is 9.74. The third-order valence-corrected chi connectivity index (χ3v) is 4.65. The fourth-order valence-electron chi connectivity index (χ4n) is 1.95. The molecule has 3 heteroatoms. The molecule has 1 fully saturated rings. The second kappa shape index (κ2) is 5.21. The van der Waals surface area contributed by atoms with Crippen molar-refractivity contribution in [1.82, 2.24) is 0 Å². The molecule has 88 valence electrons. The van der Waals surface area contributed by atoms with Gasteiger partial charge in [-0.15, -0.1) is 11.8 Å². The minimum Gasteiger partial charge on any atom is -0.381 e. The maximum absolute atomic E-state index is 5.94. The minimum absolute atomic E-state index is 0.188. The molecule has 0 amide bonds. The Morgan fingerprint density at radius 1 is 1.25 bits per heavy atom. The van der Waals surface area contributed by atoms with Gasteiger partial charge in [0.05, 0.1) is 0 Å².